The van der Waals surface area contributed by atoms with E-state index in [9.17, 15) is 22.8 Å². The number of carbonyl (C=O) groups excluding carboxylic acids is 1. The molecule has 30 heavy (non-hydrogen) atoms. The van der Waals surface area contributed by atoms with Gasteiger partial charge in [0.2, 0.25) is 0 Å². The molecule has 1 unspecified atom stereocenters. The van der Waals surface area contributed by atoms with Crippen LogP contribution in [0.25, 0.3) is 0 Å². The molecule has 1 aliphatic heterocycles. The van der Waals surface area contributed by atoms with Crippen molar-refractivity contribution in [2.24, 2.45) is 10.7 Å². The molecule has 0 spiro atoms. The second-order valence-corrected chi connectivity index (χ2v) is 6.76. The number of halogens is 3. The molecule has 8 nitrogen and oxygen atoms in total. The molecule has 0 radical (unpaired) electrons. The van der Waals surface area contributed by atoms with Crippen LogP contribution in [0, 0.1) is 5.82 Å². The number of carbonyl (C=O) groups is 2. The zero-order valence-corrected chi connectivity index (χ0v) is 15.7. The van der Waals surface area contributed by atoms with Crippen molar-refractivity contribution in [3.8, 4) is 0 Å². The maximum absolute atomic E-state index is 14.7. The van der Waals surface area contributed by atoms with Crippen molar-refractivity contribution in [3.05, 3.63) is 59.2 Å². The third kappa shape index (κ3) is 3.96. The number of rotatable bonds is 4. The SMILES string of the molecule is CC1(c2cc(NC(=O)c3ccc(C(=O)O)cn3)ccc2F)N=C(N)COCC1(F)F. The fourth-order valence-corrected chi connectivity index (χ4v) is 2.91. The molecule has 0 aliphatic carbocycles. The van der Waals surface area contributed by atoms with Gasteiger partial charge < -0.3 is 20.9 Å². The van der Waals surface area contributed by atoms with E-state index >= 15 is 0 Å². The summed E-state index contributed by atoms with van der Waals surface area (Å²) in [5.74, 6) is -6.71. The van der Waals surface area contributed by atoms with E-state index in [1.54, 1.807) is 0 Å². The van der Waals surface area contributed by atoms with Crippen LogP contribution in [0.3, 0.4) is 0 Å². The third-order valence-corrected chi connectivity index (χ3v) is 4.60. The van der Waals surface area contributed by atoms with Gasteiger partial charge in [0.1, 0.15) is 30.6 Å². The number of carboxylic acid groups (broad SMARTS) is 1. The van der Waals surface area contributed by atoms with Gasteiger partial charge in [0.15, 0.2) is 5.54 Å². The molecular formula is C19H17F3N4O4. The largest absolute Gasteiger partial charge is 0.478 e. The van der Waals surface area contributed by atoms with Crippen LogP contribution in [0.15, 0.2) is 41.5 Å². The molecule has 1 amide bonds. The first kappa shape index (κ1) is 21.2. The van der Waals surface area contributed by atoms with Crippen LogP contribution < -0.4 is 11.1 Å². The molecule has 1 aromatic carbocycles. The maximum Gasteiger partial charge on any atom is 0.337 e. The monoisotopic (exact) mass is 422 g/mol. The summed E-state index contributed by atoms with van der Waals surface area (Å²) in [5.41, 5.74) is 2.53. The van der Waals surface area contributed by atoms with Crippen molar-refractivity contribution in [1.29, 1.82) is 0 Å². The highest BCUT2D eigenvalue weighted by Crippen LogP contribution is 2.44. The van der Waals surface area contributed by atoms with Crippen LogP contribution in [0.1, 0.15) is 33.3 Å². The van der Waals surface area contributed by atoms with Crippen LogP contribution in [-0.2, 0) is 10.3 Å². The Hall–Kier alpha value is -3.47. The molecule has 0 saturated carbocycles. The number of alkyl halides is 2. The Morgan fingerprint density at radius 2 is 2.00 bits per heavy atom. The predicted molar refractivity (Wildman–Crippen MR) is 100 cm³/mol. The van der Waals surface area contributed by atoms with Crippen LogP contribution in [0.5, 0.6) is 0 Å². The van der Waals surface area contributed by atoms with Gasteiger partial charge in [-0.05, 0) is 37.3 Å². The Morgan fingerprint density at radius 1 is 1.27 bits per heavy atom. The average Bonchev–Trinajstić information content (AvgIpc) is 2.78. The van der Waals surface area contributed by atoms with Gasteiger partial charge in [-0.15, -0.1) is 0 Å². The number of hydrogen-bond acceptors (Lipinski definition) is 6. The molecule has 1 aromatic heterocycles. The number of amides is 1. The van der Waals surface area contributed by atoms with E-state index in [1.807, 2.05) is 0 Å². The first-order chi connectivity index (χ1) is 14.0. The minimum atomic E-state index is -3.58. The van der Waals surface area contributed by atoms with Crippen molar-refractivity contribution in [2.45, 2.75) is 18.4 Å². The van der Waals surface area contributed by atoms with Crippen molar-refractivity contribution >= 4 is 23.4 Å². The number of anilines is 1. The summed E-state index contributed by atoms with van der Waals surface area (Å²) in [7, 11) is 0. The molecular weight excluding hydrogens is 405 g/mol. The number of aromatic carboxylic acids is 1. The zero-order valence-electron chi connectivity index (χ0n) is 15.7. The Kier molecular flexibility index (Phi) is 5.49. The summed E-state index contributed by atoms with van der Waals surface area (Å²) >= 11 is 0. The van der Waals surface area contributed by atoms with Crippen molar-refractivity contribution < 1.29 is 32.6 Å². The van der Waals surface area contributed by atoms with E-state index in [-0.39, 0.29) is 29.4 Å². The molecule has 0 fully saturated rings. The summed E-state index contributed by atoms with van der Waals surface area (Å²) in [6.45, 7) is -0.296. The highest BCUT2D eigenvalue weighted by atomic mass is 19.3. The van der Waals surface area contributed by atoms with Gasteiger partial charge in [-0.2, -0.15) is 0 Å². The lowest BCUT2D eigenvalue weighted by Gasteiger charge is -2.33. The van der Waals surface area contributed by atoms with Crippen LogP contribution in [-0.4, -0.2) is 46.9 Å². The van der Waals surface area contributed by atoms with Crippen molar-refractivity contribution in [2.75, 3.05) is 18.5 Å². The molecule has 158 valence electrons. The predicted octanol–water partition coefficient (Wildman–Crippen LogP) is 2.41. The number of hydrogen-bond donors (Lipinski definition) is 3. The number of ether oxygens (including phenoxy) is 1. The van der Waals surface area contributed by atoms with E-state index in [4.69, 9.17) is 15.6 Å². The van der Waals surface area contributed by atoms with Gasteiger partial charge in [-0.1, -0.05) is 0 Å². The van der Waals surface area contributed by atoms with Gasteiger partial charge in [-0.3, -0.25) is 14.8 Å². The Morgan fingerprint density at radius 3 is 2.63 bits per heavy atom. The topological polar surface area (TPSA) is 127 Å². The molecule has 0 bridgehead atoms. The highest BCUT2D eigenvalue weighted by Gasteiger charge is 2.54. The van der Waals surface area contributed by atoms with E-state index in [2.05, 4.69) is 15.3 Å². The molecule has 1 aliphatic rings. The number of pyridine rings is 1. The van der Waals surface area contributed by atoms with Gasteiger partial charge in [-0.25, -0.2) is 18.0 Å². The number of benzene rings is 1. The lowest BCUT2D eigenvalue weighted by atomic mass is 9.85. The summed E-state index contributed by atoms with van der Waals surface area (Å²) in [6.07, 6.45) is 0.998. The summed E-state index contributed by atoms with van der Waals surface area (Å²) in [4.78, 5) is 30.7. The Balaban J connectivity index is 1.94. The molecule has 2 heterocycles. The van der Waals surface area contributed by atoms with Crippen LogP contribution in [0.2, 0.25) is 0 Å². The van der Waals surface area contributed by atoms with E-state index in [0.717, 1.165) is 25.3 Å². The molecule has 1 atom stereocenters. The molecule has 2 aromatic rings. The second kappa shape index (κ2) is 7.75. The number of carboxylic acids is 1. The standard InChI is InChI=1S/C19H17F3N4O4/c1-18(19(21,22)9-30-8-15(23)26-18)12-6-11(3-4-13(12)20)25-16(27)14-5-2-10(7-24-14)17(28)29/h2-7H,8-9H2,1H3,(H2,23,26)(H,25,27)(H,28,29). The Labute approximate surface area is 168 Å². The number of aromatic nitrogens is 1. The fourth-order valence-electron chi connectivity index (χ4n) is 2.91. The maximum atomic E-state index is 14.7. The van der Waals surface area contributed by atoms with Crippen LogP contribution >= 0.6 is 0 Å². The van der Waals surface area contributed by atoms with Gasteiger partial charge in [0, 0.05) is 17.4 Å². The van der Waals surface area contributed by atoms with Gasteiger partial charge in [0.25, 0.3) is 11.8 Å². The zero-order chi connectivity index (χ0) is 22.1. The van der Waals surface area contributed by atoms with E-state index in [0.29, 0.717) is 0 Å². The third-order valence-electron chi connectivity index (χ3n) is 4.60. The first-order valence-electron chi connectivity index (χ1n) is 8.64. The van der Waals surface area contributed by atoms with Crippen LogP contribution in [0.4, 0.5) is 18.9 Å². The number of nitrogens with one attached hydrogen (secondary N) is 1. The van der Waals surface area contributed by atoms with E-state index in [1.165, 1.54) is 18.2 Å². The number of nitrogens with zero attached hydrogens (tertiary/aromatic N) is 2. The minimum absolute atomic E-state index is 0.0106. The lowest BCUT2D eigenvalue weighted by molar-refractivity contribution is -0.116. The minimum Gasteiger partial charge on any atom is -0.478 e. The first-order valence-corrected chi connectivity index (χ1v) is 8.64. The normalized spacial score (nSPS) is 20.7. The van der Waals surface area contributed by atoms with Crippen molar-refractivity contribution in [1.82, 2.24) is 4.98 Å². The smallest absolute Gasteiger partial charge is 0.337 e. The Bertz CT molecular complexity index is 1030. The summed E-state index contributed by atoms with van der Waals surface area (Å²) < 4.78 is 48.8. The summed E-state index contributed by atoms with van der Waals surface area (Å²) in [5, 5.41) is 11.3. The average molecular weight is 422 g/mol. The van der Waals surface area contributed by atoms with Gasteiger partial charge >= 0.3 is 5.97 Å². The van der Waals surface area contributed by atoms with Gasteiger partial charge in [0.05, 0.1) is 5.56 Å². The number of amidine groups is 1. The molecule has 3 rings (SSSR count). The second-order valence-electron chi connectivity index (χ2n) is 6.76. The lowest BCUT2D eigenvalue weighted by Crippen LogP contribution is -2.45. The highest BCUT2D eigenvalue weighted by molar-refractivity contribution is 6.03. The molecule has 11 heteroatoms. The number of aliphatic imine (C=N–C) groups is 1. The molecule has 4 N–H and O–H groups in total. The van der Waals surface area contributed by atoms with Crippen molar-refractivity contribution in [3.63, 3.8) is 0 Å². The quantitative estimate of drug-likeness (QED) is 0.695. The fraction of sp³-hybridized carbons (Fsp3) is 0.263. The van der Waals surface area contributed by atoms with E-state index < -0.39 is 41.3 Å². The summed E-state index contributed by atoms with van der Waals surface area (Å²) in [6, 6.07) is 5.51. The number of nitrogens with two attached hydrogens (primary N) is 1. The molecule has 0 saturated heterocycles.